The average Bonchev–Trinajstić information content (AvgIpc) is 2.82. The molecule has 0 saturated carbocycles. The van der Waals surface area contributed by atoms with Gasteiger partial charge in [-0.05, 0) is 44.7 Å². The van der Waals surface area contributed by atoms with E-state index >= 15 is 0 Å². The number of hydrogen-bond donors (Lipinski definition) is 1. The number of carbonyl (C=O) groups is 1. The molecule has 0 radical (unpaired) electrons. The Morgan fingerprint density at radius 2 is 1.92 bits per heavy atom. The minimum Gasteiger partial charge on any atom is -0.352 e. The Hall–Kier alpha value is -1.83. The SMILES string of the molecule is O=C1CCCCC(CN2CCC(Cn3cnc(C(F)F)cc3=O)CC2)N1. The topological polar surface area (TPSA) is 67.2 Å². The van der Waals surface area contributed by atoms with Gasteiger partial charge in [0.05, 0.1) is 6.33 Å². The number of aromatic nitrogens is 2. The van der Waals surface area contributed by atoms with E-state index in [4.69, 9.17) is 0 Å². The standard InChI is InChI=1S/C18H26F2N4O2/c19-18(20)15-9-17(26)24(12-21-15)10-13-5-7-23(8-6-13)11-14-3-1-2-4-16(25)22-14/h9,12-14,18H,1-8,10-11H2,(H,22,25). The lowest BCUT2D eigenvalue weighted by atomic mass is 9.96. The quantitative estimate of drug-likeness (QED) is 0.863. The fraction of sp³-hybridized carbons (Fsp3) is 0.722. The lowest BCUT2D eigenvalue weighted by Gasteiger charge is -2.34. The molecule has 3 heterocycles. The van der Waals surface area contributed by atoms with Crippen LogP contribution in [0.1, 0.15) is 50.6 Å². The van der Waals surface area contributed by atoms with Gasteiger partial charge >= 0.3 is 0 Å². The molecule has 26 heavy (non-hydrogen) atoms. The average molecular weight is 368 g/mol. The summed E-state index contributed by atoms with van der Waals surface area (Å²) in [6.45, 7) is 3.25. The van der Waals surface area contributed by atoms with Crippen molar-refractivity contribution < 1.29 is 13.6 Å². The Balaban J connectivity index is 1.48. The van der Waals surface area contributed by atoms with Crippen molar-refractivity contribution in [1.29, 1.82) is 0 Å². The van der Waals surface area contributed by atoms with Crippen LogP contribution in [0.4, 0.5) is 8.78 Å². The van der Waals surface area contributed by atoms with Crippen LogP contribution in [0.15, 0.2) is 17.2 Å². The molecule has 0 aliphatic carbocycles. The fourth-order valence-corrected chi connectivity index (χ4v) is 3.82. The van der Waals surface area contributed by atoms with Crippen LogP contribution in [0.3, 0.4) is 0 Å². The number of carbonyl (C=O) groups excluding carboxylic acids is 1. The van der Waals surface area contributed by atoms with Crippen molar-refractivity contribution in [3.63, 3.8) is 0 Å². The fourth-order valence-electron chi connectivity index (χ4n) is 3.82. The van der Waals surface area contributed by atoms with Crippen LogP contribution in [0.5, 0.6) is 0 Å². The van der Waals surface area contributed by atoms with Crippen LogP contribution < -0.4 is 10.9 Å². The second-order valence-electron chi connectivity index (χ2n) is 7.36. The van der Waals surface area contributed by atoms with E-state index in [1.807, 2.05) is 0 Å². The van der Waals surface area contributed by atoms with E-state index in [-0.39, 0.29) is 11.9 Å². The van der Waals surface area contributed by atoms with Crippen molar-refractivity contribution in [2.75, 3.05) is 19.6 Å². The summed E-state index contributed by atoms with van der Waals surface area (Å²) in [7, 11) is 0. The lowest BCUT2D eigenvalue weighted by molar-refractivity contribution is -0.121. The summed E-state index contributed by atoms with van der Waals surface area (Å²) in [6, 6.07) is 1.16. The molecule has 2 saturated heterocycles. The largest absolute Gasteiger partial charge is 0.352 e. The van der Waals surface area contributed by atoms with Gasteiger partial charge in [0, 0.05) is 31.6 Å². The summed E-state index contributed by atoms with van der Waals surface area (Å²) in [5.74, 6) is 0.494. The van der Waals surface area contributed by atoms with Crippen LogP contribution in [0.2, 0.25) is 0 Å². The first-order chi connectivity index (χ1) is 12.5. The van der Waals surface area contributed by atoms with Crippen LogP contribution >= 0.6 is 0 Å². The molecular formula is C18H26F2N4O2. The van der Waals surface area contributed by atoms with E-state index in [9.17, 15) is 18.4 Å². The number of hydrogen-bond acceptors (Lipinski definition) is 4. The van der Waals surface area contributed by atoms with E-state index in [2.05, 4.69) is 15.2 Å². The van der Waals surface area contributed by atoms with Gasteiger partial charge in [-0.2, -0.15) is 0 Å². The van der Waals surface area contributed by atoms with Crippen molar-refractivity contribution in [2.24, 2.45) is 5.92 Å². The van der Waals surface area contributed by atoms with Gasteiger partial charge in [-0.15, -0.1) is 0 Å². The molecule has 8 heteroatoms. The zero-order valence-corrected chi connectivity index (χ0v) is 14.9. The monoisotopic (exact) mass is 368 g/mol. The number of nitrogens with one attached hydrogen (secondary N) is 1. The molecule has 1 atom stereocenters. The maximum Gasteiger partial charge on any atom is 0.280 e. The maximum atomic E-state index is 12.6. The van der Waals surface area contributed by atoms with Crippen molar-refractivity contribution in [3.05, 3.63) is 28.4 Å². The number of nitrogens with zero attached hydrogens (tertiary/aromatic N) is 3. The number of alkyl halides is 2. The number of halogens is 2. The van der Waals surface area contributed by atoms with E-state index in [0.717, 1.165) is 57.8 Å². The zero-order chi connectivity index (χ0) is 18.5. The summed E-state index contributed by atoms with van der Waals surface area (Å²) in [5, 5.41) is 3.10. The molecule has 2 fully saturated rings. The Morgan fingerprint density at radius 3 is 2.62 bits per heavy atom. The molecule has 1 unspecified atom stereocenters. The zero-order valence-electron chi connectivity index (χ0n) is 14.9. The van der Waals surface area contributed by atoms with Gasteiger partial charge in [0.15, 0.2) is 0 Å². The van der Waals surface area contributed by atoms with Gasteiger partial charge in [-0.1, -0.05) is 6.42 Å². The van der Waals surface area contributed by atoms with Crippen LogP contribution in [0.25, 0.3) is 0 Å². The molecule has 2 aliphatic heterocycles. The number of piperidine rings is 1. The van der Waals surface area contributed by atoms with Crippen molar-refractivity contribution in [3.8, 4) is 0 Å². The molecule has 144 valence electrons. The summed E-state index contributed by atoms with van der Waals surface area (Å²) >= 11 is 0. The van der Waals surface area contributed by atoms with Gasteiger partial charge in [-0.25, -0.2) is 13.8 Å². The van der Waals surface area contributed by atoms with Gasteiger partial charge in [0.2, 0.25) is 5.91 Å². The number of rotatable bonds is 5. The molecule has 0 bridgehead atoms. The molecule has 6 nitrogen and oxygen atoms in total. The van der Waals surface area contributed by atoms with Crippen molar-refractivity contribution >= 4 is 5.91 Å². The predicted molar refractivity (Wildman–Crippen MR) is 93.0 cm³/mol. The van der Waals surface area contributed by atoms with E-state index in [1.165, 1.54) is 10.9 Å². The van der Waals surface area contributed by atoms with E-state index < -0.39 is 17.7 Å². The second-order valence-corrected chi connectivity index (χ2v) is 7.36. The smallest absolute Gasteiger partial charge is 0.280 e. The molecule has 1 N–H and O–H groups in total. The Kier molecular flexibility index (Phi) is 6.34. The molecule has 2 aliphatic rings. The molecule has 3 rings (SSSR count). The van der Waals surface area contributed by atoms with Crippen molar-refractivity contribution in [1.82, 2.24) is 19.8 Å². The Morgan fingerprint density at radius 1 is 1.15 bits per heavy atom. The minimum absolute atomic E-state index is 0.154. The first-order valence-electron chi connectivity index (χ1n) is 9.37. The van der Waals surface area contributed by atoms with Crippen LogP contribution in [-0.4, -0.2) is 46.0 Å². The Bertz CT molecular complexity index is 671. The summed E-state index contributed by atoms with van der Waals surface area (Å²) in [6.07, 6.45) is 4.13. The van der Waals surface area contributed by atoms with Crippen molar-refractivity contribution in [2.45, 2.75) is 57.5 Å². The normalized spacial score (nSPS) is 23.0. The molecular weight excluding hydrogens is 342 g/mol. The molecule has 1 amide bonds. The van der Waals surface area contributed by atoms with E-state index in [0.29, 0.717) is 18.9 Å². The number of likely N-dealkylation sites (tertiary alicyclic amines) is 1. The highest BCUT2D eigenvalue weighted by molar-refractivity contribution is 5.76. The highest BCUT2D eigenvalue weighted by atomic mass is 19.3. The van der Waals surface area contributed by atoms with E-state index in [1.54, 1.807) is 0 Å². The third-order valence-corrected chi connectivity index (χ3v) is 5.34. The first kappa shape index (κ1) is 18.9. The van der Waals surface area contributed by atoms with Gasteiger partial charge < -0.3 is 10.2 Å². The van der Waals surface area contributed by atoms with Gasteiger partial charge in [0.1, 0.15) is 5.69 Å². The highest BCUT2D eigenvalue weighted by Crippen LogP contribution is 2.20. The maximum absolute atomic E-state index is 12.6. The van der Waals surface area contributed by atoms with Crippen LogP contribution in [0, 0.1) is 5.92 Å². The highest BCUT2D eigenvalue weighted by Gasteiger charge is 2.24. The van der Waals surface area contributed by atoms with Gasteiger partial charge in [-0.3, -0.25) is 14.2 Å². The first-order valence-corrected chi connectivity index (χ1v) is 9.37. The van der Waals surface area contributed by atoms with Gasteiger partial charge in [0.25, 0.3) is 12.0 Å². The third kappa shape index (κ3) is 5.09. The summed E-state index contributed by atoms with van der Waals surface area (Å²) in [5.41, 5.74) is -0.884. The molecule has 0 spiro atoms. The van der Waals surface area contributed by atoms with Crippen LogP contribution in [-0.2, 0) is 11.3 Å². The molecule has 1 aromatic rings. The predicted octanol–water partition coefficient (Wildman–Crippen LogP) is 1.95. The Labute approximate surface area is 151 Å². The molecule has 1 aromatic heterocycles. The summed E-state index contributed by atoms with van der Waals surface area (Å²) in [4.78, 5) is 29.7. The summed E-state index contributed by atoms with van der Waals surface area (Å²) < 4.78 is 26.6. The minimum atomic E-state index is -2.72. The lowest BCUT2D eigenvalue weighted by Crippen LogP contribution is -2.45. The third-order valence-electron chi connectivity index (χ3n) is 5.34. The number of amides is 1. The second kappa shape index (κ2) is 8.70. The molecule has 0 aromatic carbocycles.